The van der Waals surface area contributed by atoms with Gasteiger partial charge in [-0.05, 0) is 70.1 Å². The van der Waals surface area contributed by atoms with E-state index >= 15 is 0 Å². The number of piperidine rings is 1. The molecule has 2 amide bonds. The lowest BCUT2D eigenvalue weighted by Gasteiger charge is -2.28. The first-order chi connectivity index (χ1) is 11.6. The number of carbonyl (C=O) groups excluding carboxylic acids is 1. The molecule has 1 saturated heterocycles. The molecular weight excluding hydrogens is 320 g/mol. The number of anilines is 1. The zero-order valence-corrected chi connectivity index (χ0v) is 15.0. The summed E-state index contributed by atoms with van der Waals surface area (Å²) in [5.41, 5.74) is 1.57. The second-order valence-electron chi connectivity index (χ2n) is 6.39. The van der Waals surface area contributed by atoms with Gasteiger partial charge in [0.05, 0.1) is 10.6 Å². The maximum Gasteiger partial charge on any atom is 0.319 e. The highest BCUT2D eigenvalue weighted by molar-refractivity contribution is 7.15. The molecule has 24 heavy (non-hydrogen) atoms. The number of aryl methyl sites for hydroxylation is 1. The van der Waals surface area contributed by atoms with Gasteiger partial charge in [0.25, 0.3) is 0 Å². The van der Waals surface area contributed by atoms with Crippen molar-refractivity contribution in [3.05, 3.63) is 35.3 Å². The average Bonchev–Trinajstić information content (AvgIpc) is 3.01. The lowest BCUT2D eigenvalue weighted by Crippen LogP contribution is -2.38. The van der Waals surface area contributed by atoms with Crippen LogP contribution in [0.5, 0.6) is 0 Å². The van der Waals surface area contributed by atoms with Gasteiger partial charge in [-0.2, -0.15) is 0 Å². The molecule has 0 aliphatic carbocycles. The van der Waals surface area contributed by atoms with Crippen LogP contribution in [0.3, 0.4) is 0 Å². The first kappa shape index (κ1) is 16.9. The fourth-order valence-electron chi connectivity index (χ4n) is 2.93. The largest absolute Gasteiger partial charge is 0.338 e. The zero-order chi connectivity index (χ0) is 16.9. The van der Waals surface area contributed by atoms with Crippen LogP contribution in [0.4, 0.5) is 10.5 Å². The summed E-state index contributed by atoms with van der Waals surface area (Å²) in [7, 11) is 2.15. The number of likely N-dealkylation sites (tertiary alicyclic amines) is 1. The van der Waals surface area contributed by atoms with Crippen molar-refractivity contribution < 1.29 is 4.79 Å². The Morgan fingerprint density at radius 2 is 2.12 bits per heavy atom. The molecule has 6 heteroatoms. The first-order valence-corrected chi connectivity index (χ1v) is 9.18. The van der Waals surface area contributed by atoms with Gasteiger partial charge in [0, 0.05) is 17.6 Å². The van der Waals surface area contributed by atoms with E-state index in [1.54, 1.807) is 17.5 Å². The van der Waals surface area contributed by atoms with Crippen LogP contribution < -0.4 is 10.6 Å². The van der Waals surface area contributed by atoms with Crippen molar-refractivity contribution in [1.82, 2.24) is 15.2 Å². The molecule has 0 atom stereocenters. The predicted octanol–water partition coefficient (Wildman–Crippen LogP) is 3.58. The molecule has 3 heterocycles. The highest BCUT2D eigenvalue weighted by atomic mass is 32.1. The minimum Gasteiger partial charge on any atom is -0.338 e. The van der Waals surface area contributed by atoms with Crippen molar-refractivity contribution in [2.45, 2.75) is 19.8 Å². The number of carbonyl (C=O) groups is 1. The molecule has 0 spiro atoms. The SMILES string of the molecule is Cc1ccc(-c2ncccc2NC(=O)NCC2CCN(C)CC2)s1. The standard InChI is InChI=1S/C18H24N4OS/c1-13-5-6-16(24-13)17-15(4-3-9-19-17)21-18(23)20-12-14-7-10-22(2)11-8-14/h3-6,9,14H,7-8,10-12H2,1-2H3,(H2,20,21,23). The van der Waals surface area contributed by atoms with Crippen LogP contribution in [-0.4, -0.2) is 42.6 Å². The van der Waals surface area contributed by atoms with Gasteiger partial charge < -0.3 is 15.5 Å². The van der Waals surface area contributed by atoms with Crippen LogP contribution in [0.2, 0.25) is 0 Å². The van der Waals surface area contributed by atoms with E-state index in [9.17, 15) is 4.79 Å². The van der Waals surface area contributed by atoms with E-state index < -0.39 is 0 Å². The molecule has 5 nitrogen and oxygen atoms in total. The summed E-state index contributed by atoms with van der Waals surface area (Å²) in [5, 5.41) is 5.96. The highest BCUT2D eigenvalue weighted by Crippen LogP contribution is 2.31. The van der Waals surface area contributed by atoms with Crippen LogP contribution in [0, 0.1) is 12.8 Å². The molecule has 0 saturated carbocycles. The molecule has 2 aromatic heterocycles. The van der Waals surface area contributed by atoms with Gasteiger partial charge >= 0.3 is 6.03 Å². The van der Waals surface area contributed by atoms with Crippen molar-refractivity contribution in [3.8, 4) is 10.6 Å². The molecule has 3 rings (SSSR count). The molecule has 128 valence electrons. The number of rotatable bonds is 4. The number of thiophene rings is 1. The highest BCUT2D eigenvalue weighted by Gasteiger charge is 2.17. The van der Waals surface area contributed by atoms with Crippen molar-refractivity contribution in [2.24, 2.45) is 5.92 Å². The number of hydrogen-bond acceptors (Lipinski definition) is 4. The van der Waals surface area contributed by atoms with Crippen LogP contribution in [-0.2, 0) is 0 Å². The summed E-state index contributed by atoms with van der Waals surface area (Å²) in [6, 6.07) is 7.70. The predicted molar refractivity (Wildman–Crippen MR) is 99.5 cm³/mol. The summed E-state index contributed by atoms with van der Waals surface area (Å²) in [6.45, 7) is 5.02. The summed E-state index contributed by atoms with van der Waals surface area (Å²) in [4.78, 5) is 21.3. The number of hydrogen-bond donors (Lipinski definition) is 2. The fraction of sp³-hybridized carbons (Fsp3) is 0.444. The van der Waals surface area contributed by atoms with Crippen molar-refractivity contribution in [3.63, 3.8) is 0 Å². The van der Waals surface area contributed by atoms with E-state index in [0.717, 1.165) is 48.7 Å². The van der Waals surface area contributed by atoms with E-state index in [1.807, 2.05) is 18.2 Å². The molecule has 0 bridgehead atoms. The number of nitrogens with one attached hydrogen (secondary N) is 2. The second kappa shape index (κ2) is 7.77. The quantitative estimate of drug-likeness (QED) is 0.891. The molecule has 1 aliphatic rings. The third-order valence-electron chi connectivity index (χ3n) is 4.42. The van der Waals surface area contributed by atoms with Gasteiger partial charge in [0.15, 0.2) is 0 Å². The van der Waals surface area contributed by atoms with Gasteiger partial charge in [-0.3, -0.25) is 4.98 Å². The smallest absolute Gasteiger partial charge is 0.319 e. The van der Waals surface area contributed by atoms with E-state index in [1.165, 1.54) is 4.88 Å². The Morgan fingerprint density at radius 1 is 1.33 bits per heavy atom. The molecule has 0 unspecified atom stereocenters. The van der Waals surface area contributed by atoms with Gasteiger partial charge in [-0.1, -0.05) is 0 Å². The van der Waals surface area contributed by atoms with Gasteiger partial charge in [-0.15, -0.1) is 11.3 Å². The van der Waals surface area contributed by atoms with Crippen LogP contribution >= 0.6 is 11.3 Å². The normalized spacial score (nSPS) is 16.1. The Balaban J connectivity index is 1.59. The first-order valence-electron chi connectivity index (χ1n) is 8.37. The molecule has 1 aliphatic heterocycles. The minimum absolute atomic E-state index is 0.156. The van der Waals surface area contributed by atoms with Crippen LogP contribution in [0.1, 0.15) is 17.7 Å². The third-order valence-corrected chi connectivity index (χ3v) is 5.43. The third kappa shape index (κ3) is 4.33. The summed E-state index contributed by atoms with van der Waals surface area (Å²) in [6.07, 6.45) is 4.04. The van der Waals surface area contributed by atoms with Gasteiger partial charge in [0.1, 0.15) is 5.69 Å². The molecule has 0 radical (unpaired) electrons. The second-order valence-corrected chi connectivity index (χ2v) is 7.68. The summed E-state index contributed by atoms with van der Waals surface area (Å²) >= 11 is 1.68. The summed E-state index contributed by atoms with van der Waals surface area (Å²) in [5.74, 6) is 0.570. The summed E-state index contributed by atoms with van der Waals surface area (Å²) < 4.78 is 0. The zero-order valence-electron chi connectivity index (χ0n) is 14.2. The molecule has 0 aromatic carbocycles. The van der Waals surface area contributed by atoms with Crippen LogP contribution in [0.15, 0.2) is 30.5 Å². The number of urea groups is 1. The van der Waals surface area contributed by atoms with E-state index in [0.29, 0.717) is 5.92 Å². The van der Waals surface area contributed by atoms with Crippen molar-refractivity contribution in [2.75, 3.05) is 32.0 Å². The molecule has 1 fully saturated rings. The van der Waals surface area contributed by atoms with Gasteiger partial charge in [0.2, 0.25) is 0 Å². The van der Waals surface area contributed by atoms with Crippen molar-refractivity contribution >= 4 is 23.1 Å². The number of amides is 2. The Labute approximate surface area is 147 Å². The molecular formula is C18H24N4OS. The lowest BCUT2D eigenvalue weighted by atomic mass is 9.97. The lowest BCUT2D eigenvalue weighted by molar-refractivity contribution is 0.213. The van der Waals surface area contributed by atoms with E-state index in [4.69, 9.17) is 0 Å². The minimum atomic E-state index is -0.156. The van der Waals surface area contributed by atoms with Crippen molar-refractivity contribution in [1.29, 1.82) is 0 Å². The monoisotopic (exact) mass is 344 g/mol. The molecule has 2 aromatic rings. The number of aromatic nitrogens is 1. The number of nitrogens with zero attached hydrogens (tertiary/aromatic N) is 2. The molecule has 2 N–H and O–H groups in total. The Hall–Kier alpha value is -1.92. The Bertz CT molecular complexity index is 692. The maximum atomic E-state index is 12.3. The van der Waals surface area contributed by atoms with E-state index in [2.05, 4.69) is 40.6 Å². The number of pyridine rings is 1. The van der Waals surface area contributed by atoms with Crippen LogP contribution in [0.25, 0.3) is 10.6 Å². The Kier molecular flexibility index (Phi) is 5.48. The van der Waals surface area contributed by atoms with Gasteiger partial charge in [-0.25, -0.2) is 4.79 Å². The average molecular weight is 344 g/mol. The fourth-order valence-corrected chi connectivity index (χ4v) is 3.81. The maximum absolute atomic E-state index is 12.3. The Morgan fingerprint density at radius 3 is 2.83 bits per heavy atom. The topological polar surface area (TPSA) is 57.3 Å². The van der Waals surface area contributed by atoms with E-state index in [-0.39, 0.29) is 6.03 Å².